The van der Waals surface area contributed by atoms with E-state index in [1.807, 2.05) is 6.92 Å². The summed E-state index contributed by atoms with van der Waals surface area (Å²) in [6.45, 7) is 3.68. The van der Waals surface area contributed by atoms with Crippen LogP contribution in [0.5, 0.6) is 0 Å². The monoisotopic (exact) mass is 211 g/mol. The highest BCUT2D eigenvalue weighted by Crippen LogP contribution is 2.38. The van der Waals surface area contributed by atoms with E-state index in [1.165, 1.54) is 19.3 Å². The van der Waals surface area contributed by atoms with Crippen LogP contribution in [0.2, 0.25) is 0 Å². The van der Waals surface area contributed by atoms with Crippen LogP contribution < -0.4 is 16.0 Å². The molecule has 2 fully saturated rings. The summed E-state index contributed by atoms with van der Waals surface area (Å²) < 4.78 is 0. The van der Waals surface area contributed by atoms with Crippen LogP contribution in [0, 0.1) is 0 Å². The predicted octanol–water partition coefficient (Wildman–Crippen LogP) is 0.980. The summed E-state index contributed by atoms with van der Waals surface area (Å²) in [4.78, 5) is 11.4. The molecule has 1 aliphatic carbocycles. The van der Waals surface area contributed by atoms with Gasteiger partial charge in [0.2, 0.25) is 0 Å². The van der Waals surface area contributed by atoms with Crippen molar-refractivity contribution in [2.75, 3.05) is 13.1 Å². The summed E-state index contributed by atoms with van der Waals surface area (Å²) in [5, 5.41) is 9.43. The molecule has 86 valence electrons. The van der Waals surface area contributed by atoms with Crippen molar-refractivity contribution in [1.82, 2.24) is 16.0 Å². The molecule has 0 aromatic rings. The standard InChI is InChI=1S/C11H21N3O/c1-2-12-10(15)14-9-4-7-13-11(8-9)5-3-6-11/h9,13H,2-8H2,1H3,(H2,12,14,15). The summed E-state index contributed by atoms with van der Waals surface area (Å²) in [5.74, 6) is 0. The molecule has 1 saturated carbocycles. The lowest BCUT2D eigenvalue weighted by molar-refractivity contribution is 0.121. The van der Waals surface area contributed by atoms with E-state index in [1.54, 1.807) is 0 Å². The highest BCUT2D eigenvalue weighted by Gasteiger charge is 2.41. The van der Waals surface area contributed by atoms with E-state index in [0.717, 1.165) is 19.4 Å². The SMILES string of the molecule is CCNC(=O)NC1CCNC2(CCC2)C1. The van der Waals surface area contributed by atoms with E-state index in [9.17, 15) is 4.79 Å². The lowest BCUT2D eigenvalue weighted by Gasteiger charge is -2.48. The summed E-state index contributed by atoms with van der Waals surface area (Å²) in [6, 6.07) is 0.344. The lowest BCUT2D eigenvalue weighted by Crippen LogP contribution is -2.60. The fourth-order valence-corrected chi connectivity index (χ4v) is 2.66. The van der Waals surface area contributed by atoms with Crippen molar-refractivity contribution in [2.45, 2.75) is 50.6 Å². The van der Waals surface area contributed by atoms with E-state index in [-0.39, 0.29) is 6.03 Å². The van der Waals surface area contributed by atoms with Gasteiger partial charge < -0.3 is 16.0 Å². The number of carbonyl (C=O) groups excluding carboxylic acids is 1. The van der Waals surface area contributed by atoms with Crippen molar-refractivity contribution < 1.29 is 4.79 Å². The maximum absolute atomic E-state index is 11.4. The number of urea groups is 1. The summed E-state index contributed by atoms with van der Waals surface area (Å²) in [7, 11) is 0. The quantitative estimate of drug-likeness (QED) is 0.638. The van der Waals surface area contributed by atoms with E-state index in [0.29, 0.717) is 18.1 Å². The molecule has 4 nitrogen and oxygen atoms in total. The molecule has 0 aromatic heterocycles. The molecular weight excluding hydrogens is 190 g/mol. The van der Waals surface area contributed by atoms with Gasteiger partial charge in [0.25, 0.3) is 0 Å². The molecule has 3 N–H and O–H groups in total. The highest BCUT2D eigenvalue weighted by molar-refractivity contribution is 5.74. The molecule has 15 heavy (non-hydrogen) atoms. The van der Waals surface area contributed by atoms with E-state index in [2.05, 4.69) is 16.0 Å². The van der Waals surface area contributed by atoms with Crippen molar-refractivity contribution in [3.05, 3.63) is 0 Å². The van der Waals surface area contributed by atoms with Crippen LogP contribution in [0.3, 0.4) is 0 Å². The molecule has 2 rings (SSSR count). The Morgan fingerprint density at radius 2 is 2.33 bits per heavy atom. The molecule has 1 unspecified atom stereocenters. The van der Waals surface area contributed by atoms with Crippen LogP contribution in [0.15, 0.2) is 0 Å². The van der Waals surface area contributed by atoms with Crippen LogP contribution in [-0.4, -0.2) is 30.7 Å². The molecule has 4 heteroatoms. The average Bonchev–Trinajstić information content (AvgIpc) is 2.16. The van der Waals surface area contributed by atoms with E-state index in [4.69, 9.17) is 0 Å². The summed E-state index contributed by atoms with van der Waals surface area (Å²) in [6.07, 6.45) is 6.05. The van der Waals surface area contributed by atoms with Gasteiger partial charge in [-0.15, -0.1) is 0 Å². The first-order valence-electron chi connectivity index (χ1n) is 6.03. The zero-order valence-electron chi connectivity index (χ0n) is 9.44. The Hall–Kier alpha value is -0.770. The molecule has 0 radical (unpaired) electrons. The fraction of sp³-hybridized carbons (Fsp3) is 0.909. The first-order chi connectivity index (χ1) is 7.24. The number of nitrogens with one attached hydrogen (secondary N) is 3. The average molecular weight is 211 g/mol. The van der Waals surface area contributed by atoms with Crippen molar-refractivity contribution >= 4 is 6.03 Å². The Balaban J connectivity index is 1.80. The second-order valence-corrected chi connectivity index (χ2v) is 4.75. The Kier molecular flexibility index (Phi) is 3.14. The smallest absolute Gasteiger partial charge is 0.314 e. The zero-order valence-corrected chi connectivity index (χ0v) is 9.44. The molecule has 2 amide bonds. The molecule has 1 heterocycles. The predicted molar refractivity (Wildman–Crippen MR) is 59.8 cm³/mol. The molecule has 1 aliphatic heterocycles. The van der Waals surface area contributed by atoms with Crippen molar-refractivity contribution in [3.8, 4) is 0 Å². The van der Waals surface area contributed by atoms with Gasteiger partial charge >= 0.3 is 6.03 Å². The normalized spacial score (nSPS) is 28.2. The summed E-state index contributed by atoms with van der Waals surface area (Å²) >= 11 is 0. The van der Waals surface area contributed by atoms with Gasteiger partial charge in [0.1, 0.15) is 0 Å². The minimum absolute atomic E-state index is 0.0149. The van der Waals surface area contributed by atoms with Gasteiger partial charge in [-0.1, -0.05) is 0 Å². The third-order valence-corrected chi connectivity index (χ3v) is 3.61. The first-order valence-corrected chi connectivity index (χ1v) is 6.03. The fourth-order valence-electron chi connectivity index (χ4n) is 2.66. The zero-order chi connectivity index (χ0) is 10.7. The van der Waals surface area contributed by atoms with Gasteiger partial charge in [0.05, 0.1) is 0 Å². The third kappa shape index (κ3) is 2.43. The molecule has 1 saturated heterocycles. The molecule has 2 aliphatic rings. The van der Waals surface area contributed by atoms with Gasteiger partial charge in [0.15, 0.2) is 0 Å². The number of hydrogen-bond acceptors (Lipinski definition) is 2. The Labute approximate surface area is 91.2 Å². The first kappa shape index (κ1) is 10.7. The maximum Gasteiger partial charge on any atom is 0.314 e. The van der Waals surface area contributed by atoms with Gasteiger partial charge in [-0.05, 0) is 45.6 Å². The van der Waals surface area contributed by atoms with Crippen LogP contribution in [0.25, 0.3) is 0 Å². The Bertz CT molecular complexity index is 238. The number of amides is 2. The van der Waals surface area contributed by atoms with Crippen LogP contribution in [0.4, 0.5) is 4.79 Å². The number of carbonyl (C=O) groups is 1. The van der Waals surface area contributed by atoms with Gasteiger partial charge in [-0.25, -0.2) is 4.79 Å². The number of rotatable bonds is 2. The minimum Gasteiger partial charge on any atom is -0.338 e. The van der Waals surface area contributed by atoms with Gasteiger partial charge in [0, 0.05) is 18.1 Å². The lowest BCUT2D eigenvalue weighted by atomic mass is 9.70. The van der Waals surface area contributed by atoms with Crippen molar-refractivity contribution in [3.63, 3.8) is 0 Å². The van der Waals surface area contributed by atoms with Crippen molar-refractivity contribution in [1.29, 1.82) is 0 Å². The number of hydrogen-bond donors (Lipinski definition) is 3. The van der Waals surface area contributed by atoms with E-state index >= 15 is 0 Å². The maximum atomic E-state index is 11.4. The van der Waals surface area contributed by atoms with Crippen molar-refractivity contribution in [2.24, 2.45) is 0 Å². The number of piperidine rings is 1. The Morgan fingerprint density at radius 1 is 1.53 bits per heavy atom. The second-order valence-electron chi connectivity index (χ2n) is 4.75. The molecular formula is C11H21N3O. The third-order valence-electron chi connectivity index (χ3n) is 3.61. The van der Waals surface area contributed by atoms with Crippen LogP contribution in [0.1, 0.15) is 39.0 Å². The topological polar surface area (TPSA) is 53.2 Å². The second kappa shape index (κ2) is 4.39. The van der Waals surface area contributed by atoms with Crippen LogP contribution in [-0.2, 0) is 0 Å². The molecule has 0 aromatic carbocycles. The molecule has 1 spiro atoms. The highest BCUT2D eigenvalue weighted by atomic mass is 16.2. The summed E-state index contributed by atoms with van der Waals surface area (Å²) in [5.41, 5.74) is 0.364. The van der Waals surface area contributed by atoms with Crippen LogP contribution >= 0.6 is 0 Å². The largest absolute Gasteiger partial charge is 0.338 e. The Morgan fingerprint density at radius 3 is 2.93 bits per heavy atom. The molecule has 1 atom stereocenters. The minimum atomic E-state index is -0.0149. The molecule has 0 bridgehead atoms. The van der Waals surface area contributed by atoms with Gasteiger partial charge in [-0.2, -0.15) is 0 Å². The van der Waals surface area contributed by atoms with E-state index < -0.39 is 0 Å². The van der Waals surface area contributed by atoms with Gasteiger partial charge in [-0.3, -0.25) is 0 Å².